The first-order valence-electron chi connectivity index (χ1n) is 8.72. The SMILES string of the molecule is COc1ccc(CCN2CCC(Cc3ccccc3)CC2)cc1.Cl. The molecule has 0 atom stereocenters. The summed E-state index contributed by atoms with van der Waals surface area (Å²) in [5.74, 6) is 1.80. The number of benzene rings is 2. The van der Waals surface area contributed by atoms with Crippen LogP contribution in [-0.2, 0) is 12.8 Å². The summed E-state index contributed by atoms with van der Waals surface area (Å²) in [7, 11) is 1.72. The molecule has 3 rings (SSSR count). The van der Waals surface area contributed by atoms with E-state index >= 15 is 0 Å². The number of hydrogen-bond acceptors (Lipinski definition) is 2. The predicted octanol–water partition coefficient (Wildman–Crippen LogP) is 4.61. The van der Waals surface area contributed by atoms with Gasteiger partial charge in [-0.3, -0.25) is 0 Å². The van der Waals surface area contributed by atoms with Crippen LogP contribution in [0.15, 0.2) is 54.6 Å². The van der Waals surface area contributed by atoms with Crippen LogP contribution < -0.4 is 4.74 Å². The van der Waals surface area contributed by atoms with E-state index in [1.165, 1.54) is 50.0 Å². The Hall–Kier alpha value is -1.51. The second kappa shape index (κ2) is 9.71. The zero-order valence-corrected chi connectivity index (χ0v) is 15.3. The number of hydrogen-bond donors (Lipinski definition) is 0. The van der Waals surface area contributed by atoms with Gasteiger partial charge >= 0.3 is 0 Å². The molecule has 3 heteroatoms. The van der Waals surface area contributed by atoms with Crippen molar-refractivity contribution in [1.29, 1.82) is 0 Å². The molecule has 0 radical (unpaired) electrons. The molecular formula is C21H28ClNO. The van der Waals surface area contributed by atoms with E-state index in [0.717, 1.165) is 18.1 Å². The van der Waals surface area contributed by atoms with E-state index in [0.29, 0.717) is 0 Å². The van der Waals surface area contributed by atoms with Crippen molar-refractivity contribution in [3.63, 3.8) is 0 Å². The average Bonchev–Trinajstić information content (AvgIpc) is 2.62. The lowest BCUT2D eigenvalue weighted by Crippen LogP contribution is -2.35. The number of piperidine rings is 1. The van der Waals surface area contributed by atoms with E-state index in [1.54, 1.807) is 7.11 Å². The Morgan fingerprint density at radius 3 is 2.21 bits per heavy atom. The maximum atomic E-state index is 5.21. The maximum absolute atomic E-state index is 5.21. The van der Waals surface area contributed by atoms with Crippen molar-refractivity contribution >= 4 is 12.4 Å². The van der Waals surface area contributed by atoms with Gasteiger partial charge in [0.2, 0.25) is 0 Å². The summed E-state index contributed by atoms with van der Waals surface area (Å²) in [5, 5.41) is 0. The van der Waals surface area contributed by atoms with Crippen LogP contribution in [0.1, 0.15) is 24.0 Å². The number of halogens is 1. The van der Waals surface area contributed by atoms with Crippen LogP contribution in [0.3, 0.4) is 0 Å². The minimum atomic E-state index is 0. The molecule has 0 saturated carbocycles. The predicted molar refractivity (Wildman–Crippen MR) is 103 cm³/mol. The van der Waals surface area contributed by atoms with E-state index in [1.807, 2.05) is 0 Å². The first-order valence-corrected chi connectivity index (χ1v) is 8.72. The molecule has 0 bridgehead atoms. The van der Waals surface area contributed by atoms with Crippen LogP contribution in [0.25, 0.3) is 0 Å². The van der Waals surface area contributed by atoms with Gasteiger partial charge in [-0.1, -0.05) is 42.5 Å². The van der Waals surface area contributed by atoms with E-state index in [9.17, 15) is 0 Å². The van der Waals surface area contributed by atoms with Gasteiger partial charge in [-0.25, -0.2) is 0 Å². The highest BCUT2D eigenvalue weighted by Gasteiger charge is 2.19. The summed E-state index contributed by atoms with van der Waals surface area (Å²) < 4.78 is 5.21. The highest BCUT2D eigenvalue weighted by molar-refractivity contribution is 5.85. The summed E-state index contributed by atoms with van der Waals surface area (Å²) in [6.45, 7) is 3.66. The lowest BCUT2D eigenvalue weighted by Gasteiger charge is -2.32. The third-order valence-electron chi connectivity index (χ3n) is 4.95. The average molecular weight is 346 g/mol. The van der Waals surface area contributed by atoms with Crippen molar-refractivity contribution in [3.8, 4) is 5.75 Å². The number of rotatable bonds is 6. The second-order valence-electron chi connectivity index (χ2n) is 6.57. The monoisotopic (exact) mass is 345 g/mol. The highest BCUT2D eigenvalue weighted by atomic mass is 35.5. The molecule has 2 aromatic carbocycles. The first kappa shape index (κ1) is 18.8. The van der Waals surface area contributed by atoms with Crippen molar-refractivity contribution in [2.45, 2.75) is 25.7 Å². The summed E-state index contributed by atoms with van der Waals surface area (Å²) in [6, 6.07) is 19.4. The molecule has 130 valence electrons. The first-order chi connectivity index (χ1) is 11.3. The molecule has 24 heavy (non-hydrogen) atoms. The summed E-state index contributed by atoms with van der Waals surface area (Å²) in [5.41, 5.74) is 2.89. The molecule has 0 aromatic heterocycles. The molecule has 1 aliphatic rings. The minimum absolute atomic E-state index is 0. The van der Waals surface area contributed by atoms with Crippen LogP contribution in [0.5, 0.6) is 5.75 Å². The molecule has 2 aromatic rings. The Balaban J connectivity index is 0.00000208. The minimum Gasteiger partial charge on any atom is -0.497 e. The fraction of sp³-hybridized carbons (Fsp3) is 0.429. The Bertz CT molecular complexity index is 577. The number of methoxy groups -OCH3 is 1. The third-order valence-corrected chi connectivity index (χ3v) is 4.95. The maximum Gasteiger partial charge on any atom is 0.118 e. The molecule has 0 aliphatic carbocycles. The third kappa shape index (κ3) is 5.54. The molecule has 1 aliphatic heterocycles. The lowest BCUT2D eigenvalue weighted by atomic mass is 9.90. The molecule has 1 fully saturated rings. The van der Waals surface area contributed by atoms with Crippen molar-refractivity contribution in [3.05, 3.63) is 65.7 Å². The quantitative estimate of drug-likeness (QED) is 0.757. The number of likely N-dealkylation sites (tertiary alicyclic amines) is 1. The Morgan fingerprint density at radius 1 is 0.917 bits per heavy atom. The van der Waals surface area contributed by atoms with Gasteiger partial charge in [0.15, 0.2) is 0 Å². The molecule has 2 nitrogen and oxygen atoms in total. The van der Waals surface area contributed by atoms with Gasteiger partial charge in [-0.2, -0.15) is 0 Å². The molecule has 0 spiro atoms. The Labute approximate surface area is 152 Å². The van der Waals surface area contributed by atoms with Crippen molar-refractivity contribution in [1.82, 2.24) is 4.90 Å². The largest absolute Gasteiger partial charge is 0.497 e. The van der Waals surface area contributed by atoms with Crippen LogP contribution in [0.2, 0.25) is 0 Å². The molecule has 1 saturated heterocycles. The van der Waals surface area contributed by atoms with Gasteiger partial charge < -0.3 is 9.64 Å². The Morgan fingerprint density at radius 2 is 1.58 bits per heavy atom. The summed E-state index contributed by atoms with van der Waals surface area (Å²) in [6.07, 6.45) is 5.04. The van der Waals surface area contributed by atoms with E-state index in [2.05, 4.69) is 59.5 Å². The van der Waals surface area contributed by atoms with E-state index < -0.39 is 0 Å². The van der Waals surface area contributed by atoms with Gasteiger partial charge in [0, 0.05) is 6.54 Å². The van der Waals surface area contributed by atoms with Crippen molar-refractivity contribution in [2.24, 2.45) is 5.92 Å². The fourth-order valence-electron chi connectivity index (χ4n) is 3.44. The normalized spacial score (nSPS) is 15.7. The lowest BCUT2D eigenvalue weighted by molar-refractivity contribution is 0.186. The zero-order valence-electron chi connectivity index (χ0n) is 14.5. The highest BCUT2D eigenvalue weighted by Crippen LogP contribution is 2.22. The Kier molecular flexibility index (Phi) is 7.61. The smallest absolute Gasteiger partial charge is 0.118 e. The summed E-state index contributed by atoms with van der Waals surface area (Å²) >= 11 is 0. The number of nitrogens with zero attached hydrogens (tertiary/aromatic N) is 1. The van der Waals surface area contributed by atoms with Crippen LogP contribution >= 0.6 is 12.4 Å². The van der Waals surface area contributed by atoms with E-state index in [-0.39, 0.29) is 12.4 Å². The molecular weight excluding hydrogens is 318 g/mol. The molecule has 1 heterocycles. The standard InChI is InChI=1S/C21H27NO.ClH/c1-23-21-9-7-18(8-10-21)11-14-22-15-12-20(13-16-22)17-19-5-3-2-4-6-19;/h2-10,20H,11-17H2,1H3;1H. The van der Waals surface area contributed by atoms with Crippen LogP contribution in [-0.4, -0.2) is 31.6 Å². The van der Waals surface area contributed by atoms with Crippen LogP contribution in [0, 0.1) is 5.92 Å². The van der Waals surface area contributed by atoms with Gasteiger partial charge in [0.1, 0.15) is 5.75 Å². The van der Waals surface area contributed by atoms with Crippen molar-refractivity contribution < 1.29 is 4.74 Å². The van der Waals surface area contributed by atoms with Gasteiger partial charge in [-0.15, -0.1) is 12.4 Å². The number of ether oxygens (including phenoxy) is 1. The molecule has 0 unspecified atom stereocenters. The topological polar surface area (TPSA) is 12.5 Å². The zero-order chi connectivity index (χ0) is 15.9. The molecule has 0 amide bonds. The second-order valence-corrected chi connectivity index (χ2v) is 6.57. The van der Waals surface area contributed by atoms with Gasteiger partial charge in [0.05, 0.1) is 7.11 Å². The van der Waals surface area contributed by atoms with Crippen LogP contribution in [0.4, 0.5) is 0 Å². The molecule has 0 N–H and O–H groups in total. The van der Waals surface area contributed by atoms with Gasteiger partial charge in [-0.05, 0) is 68.0 Å². The fourth-order valence-corrected chi connectivity index (χ4v) is 3.44. The summed E-state index contributed by atoms with van der Waals surface area (Å²) in [4.78, 5) is 2.62. The van der Waals surface area contributed by atoms with Crippen molar-refractivity contribution in [2.75, 3.05) is 26.7 Å². The van der Waals surface area contributed by atoms with E-state index in [4.69, 9.17) is 4.74 Å². The van der Waals surface area contributed by atoms with Gasteiger partial charge in [0.25, 0.3) is 0 Å².